The second kappa shape index (κ2) is 3.10. The van der Waals surface area contributed by atoms with Crippen molar-refractivity contribution in [2.45, 2.75) is 25.4 Å². The highest BCUT2D eigenvalue weighted by atomic mass is 79.9. The fourth-order valence-corrected chi connectivity index (χ4v) is 2.33. The zero-order valence-corrected chi connectivity index (χ0v) is 9.52. The van der Waals surface area contributed by atoms with E-state index in [1.165, 1.54) is 11.1 Å². The minimum absolute atomic E-state index is 0.0363. The quantitative estimate of drug-likeness (QED) is 0.771. The minimum Gasteiger partial charge on any atom is -0.374 e. The number of benzene rings is 1. The summed E-state index contributed by atoms with van der Waals surface area (Å²) in [4.78, 5) is 0. The summed E-state index contributed by atoms with van der Waals surface area (Å²) >= 11 is 3.51. The average Bonchev–Trinajstić information content (AvgIpc) is 2.82. The molecule has 1 aromatic carbocycles. The van der Waals surface area contributed by atoms with Gasteiger partial charge >= 0.3 is 0 Å². The lowest BCUT2D eigenvalue weighted by Crippen LogP contribution is -2.08. The number of halogens is 1. The van der Waals surface area contributed by atoms with E-state index in [0.717, 1.165) is 17.3 Å². The van der Waals surface area contributed by atoms with E-state index >= 15 is 0 Å². The highest BCUT2D eigenvalue weighted by Crippen LogP contribution is 2.49. The van der Waals surface area contributed by atoms with Crippen molar-refractivity contribution in [1.29, 1.82) is 0 Å². The van der Waals surface area contributed by atoms with Crippen molar-refractivity contribution in [3.05, 3.63) is 33.8 Å². The molecule has 0 N–H and O–H groups in total. The van der Waals surface area contributed by atoms with Crippen LogP contribution in [0.25, 0.3) is 0 Å². The summed E-state index contributed by atoms with van der Waals surface area (Å²) in [6, 6.07) is 6.49. The average molecular weight is 241 g/mol. The van der Waals surface area contributed by atoms with Gasteiger partial charge in [0.2, 0.25) is 0 Å². The summed E-state index contributed by atoms with van der Waals surface area (Å²) in [5.41, 5.74) is 2.63. The van der Waals surface area contributed by atoms with Gasteiger partial charge in [0.05, 0.1) is 5.60 Å². The molecule has 0 saturated heterocycles. The number of methoxy groups -OCH3 is 1. The van der Waals surface area contributed by atoms with Crippen molar-refractivity contribution in [1.82, 2.24) is 0 Å². The van der Waals surface area contributed by atoms with Gasteiger partial charge in [0.15, 0.2) is 0 Å². The van der Waals surface area contributed by atoms with Gasteiger partial charge < -0.3 is 4.74 Å². The van der Waals surface area contributed by atoms with E-state index in [1.807, 2.05) is 0 Å². The molecule has 2 heteroatoms. The molecular formula is C11H13BrO. The first-order valence-electron chi connectivity index (χ1n) is 4.49. The van der Waals surface area contributed by atoms with E-state index in [9.17, 15) is 0 Å². The highest BCUT2D eigenvalue weighted by Gasteiger charge is 2.44. The number of ether oxygens (including phenoxy) is 1. The van der Waals surface area contributed by atoms with E-state index in [4.69, 9.17) is 4.74 Å². The van der Waals surface area contributed by atoms with Gasteiger partial charge in [0, 0.05) is 11.6 Å². The molecule has 13 heavy (non-hydrogen) atoms. The van der Waals surface area contributed by atoms with E-state index in [0.29, 0.717) is 0 Å². The maximum absolute atomic E-state index is 5.52. The van der Waals surface area contributed by atoms with Gasteiger partial charge in [-0.1, -0.05) is 22.0 Å². The van der Waals surface area contributed by atoms with Gasteiger partial charge in [-0.15, -0.1) is 0 Å². The molecule has 1 nitrogen and oxygen atoms in total. The molecule has 1 aliphatic rings. The molecule has 0 heterocycles. The Morgan fingerprint density at radius 3 is 2.46 bits per heavy atom. The zero-order chi connectivity index (χ0) is 9.47. The van der Waals surface area contributed by atoms with Crippen molar-refractivity contribution >= 4 is 15.9 Å². The minimum atomic E-state index is 0.0363. The Morgan fingerprint density at radius 1 is 1.31 bits per heavy atom. The molecular weight excluding hydrogens is 228 g/mol. The third kappa shape index (κ3) is 1.65. The zero-order valence-electron chi connectivity index (χ0n) is 7.93. The van der Waals surface area contributed by atoms with Crippen molar-refractivity contribution in [2.24, 2.45) is 0 Å². The van der Waals surface area contributed by atoms with Gasteiger partial charge in [0.25, 0.3) is 0 Å². The molecule has 0 spiro atoms. The molecule has 0 unspecified atom stereocenters. The van der Waals surface area contributed by atoms with Crippen molar-refractivity contribution in [2.75, 3.05) is 7.11 Å². The van der Waals surface area contributed by atoms with Crippen LogP contribution in [0.15, 0.2) is 22.7 Å². The predicted octanol–water partition coefficient (Wildman–Crippen LogP) is 3.39. The lowest BCUT2D eigenvalue weighted by atomic mass is 10.1. The normalized spacial score (nSPS) is 18.7. The predicted molar refractivity (Wildman–Crippen MR) is 56.8 cm³/mol. The molecule has 0 aliphatic heterocycles. The van der Waals surface area contributed by atoms with Gasteiger partial charge in [0.1, 0.15) is 0 Å². The van der Waals surface area contributed by atoms with Gasteiger partial charge in [-0.2, -0.15) is 0 Å². The molecule has 70 valence electrons. The number of rotatable bonds is 2. The number of hydrogen-bond donors (Lipinski definition) is 0. The topological polar surface area (TPSA) is 9.23 Å². The monoisotopic (exact) mass is 240 g/mol. The summed E-state index contributed by atoms with van der Waals surface area (Å²) < 4.78 is 6.67. The summed E-state index contributed by atoms with van der Waals surface area (Å²) in [5, 5.41) is 0. The molecule has 0 amide bonds. The largest absolute Gasteiger partial charge is 0.374 e. The van der Waals surface area contributed by atoms with Crippen LogP contribution in [-0.2, 0) is 10.3 Å². The lowest BCUT2D eigenvalue weighted by molar-refractivity contribution is 0.0788. The van der Waals surface area contributed by atoms with Crippen LogP contribution in [0.1, 0.15) is 24.0 Å². The second-order valence-electron chi connectivity index (χ2n) is 3.72. The summed E-state index contributed by atoms with van der Waals surface area (Å²) in [6.07, 6.45) is 2.30. The van der Waals surface area contributed by atoms with Crippen molar-refractivity contribution in [3.63, 3.8) is 0 Å². The van der Waals surface area contributed by atoms with Crippen LogP contribution in [-0.4, -0.2) is 7.11 Å². The lowest BCUT2D eigenvalue weighted by Gasteiger charge is -2.14. The van der Waals surface area contributed by atoms with Crippen molar-refractivity contribution in [3.8, 4) is 0 Å². The summed E-state index contributed by atoms with van der Waals surface area (Å²) in [5.74, 6) is 0. The van der Waals surface area contributed by atoms with Crippen LogP contribution < -0.4 is 0 Å². The number of aryl methyl sites for hydroxylation is 1. The molecule has 1 fully saturated rings. The Morgan fingerprint density at radius 2 is 2.00 bits per heavy atom. The first-order valence-corrected chi connectivity index (χ1v) is 5.28. The SMILES string of the molecule is COC1(c2cc(C)cc(Br)c2)CC1. The molecule has 2 rings (SSSR count). The van der Waals surface area contributed by atoms with E-state index < -0.39 is 0 Å². The van der Waals surface area contributed by atoms with Crippen molar-refractivity contribution < 1.29 is 4.74 Å². The van der Waals surface area contributed by atoms with Crippen LogP contribution in [0, 0.1) is 6.92 Å². The Kier molecular flexibility index (Phi) is 2.20. The van der Waals surface area contributed by atoms with E-state index in [-0.39, 0.29) is 5.60 Å². The van der Waals surface area contributed by atoms with E-state index in [2.05, 4.69) is 41.1 Å². The Bertz CT molecular complexity index is 309. The summed E-state index contributed by atoms with van der Waals surface area (Å²) in [6.45, 7) is 2.11. The molecule has 0 radical (unpaired) electrons. The first-order chi connectivity index (χ1) is 6.16. The molecule has 0 bridgehead atoms. The Balaban J connectivity index is 2.40. The van der Waals surface area contributed by atoms with Crippen LogP contribution in [0.4, 0.5) is 0 Å². The molecule has 1 saturated carbocycles. The first kappa shape index (κ1) is 9.22. The number of hydrogen-bond acceptors (Lipinski definition) is 1. The molecule has 1 aliphatic carbocycles. The Labute approximate surface area is 87.2 Å². The van der Waals surface area contributed by atoms with E-state index in [1.54, 1.807) is 7.11 Å². The maximum Gasteiger partial charge on any atom is 0.0930 e. The van der Waals surface area contributed by atoms with Crippen LogP contribution in [0.5, 0.6) is 0 Å². The van der Waals surface area contributed by atoms with Gasteiger partial charge in [-0.25, -0.2) is 0 Å². The third-order valence-corrected chi connectivity index (χ3v) is 3.12. The third-order valence-electron chi connectivity index (χ3n) is 2.66. The highest BCUT2D eigenvalue weighted by molar-refractivity contribution is 9.10. The van der Waals surface area contributed by atoms with Gasteiger partial charge in [-0.05, 0) is 43.0 Å². The standard InChI is InChI=1S/C11H13BrO/c1-8-5-9(7-10(12)6-8)11(13-2)3-4-11/h5-7H,3-4H2,1-2H3. The fourth-order valence-electron chi connectivity index (χ4n) is 1.72. The van der Waals surface area contributed by atoms with Crippen LogP contribution >= 0.6 is 15.9 Å². The smallest absolute Gasteiger partial charge is 0.0930 e. The molecule has 0 atom stereocenters. The Hall–Kier alpha value is -0.340. The second-order valence-corrected chi connectivity index (χ2v) is 4.63. The fraction of sp³-hybridized carbons (Fsp3) is 0.455. The van der Waals surface area contributed by atoms with Crippen LogP contribution in [0.2, 0.25) is 0 Å². The summed E-state index contributed by atoms with van der Waals surface area (Å²) in [7, 11) is 1.79. The maximum atomic E-state index is 5.52. The molecule has 1 aromatic rings. The molecule has 0 aromatic heterocycles. The van der Waals surface area contributed by atoms with Crippen LogP contribution in [0.3, 0.4) is 0 Å². The van der Waals surface area contributed by atoms with Gasteiger partial charge in [-0.3, -0.25) is 0 Å².